The molecule has 0 amide bonds. The van der Waals surface area contributed by atoms with Crippen LogP contribution in [0.2, 0.25) is 0 Å². The summed E-state index contributed by atoms with van der Waals surface area (Å²) in [6, 6.07) is 22.3. The van der Waals surface area contributed by atoms with Gasteiger partial charge in [-0.1, -0.05) is 0 Å². The van der Waals surface area contributed by atoms with E-state index in [1.165, 1.54) is 24.0 Å². The van der Waals surface area contributed by atoms with Crippen molar-refractivity contribution < 1.29 is 47.6 Å². The Kier molecular flexibility index (Phi) is 10.8. The molecule has 0 saturated carbocycles. The predicted molar refractivity (Wildman–Crippen MR) is 126 cm³/mol. The Morgan fingerprint density at radius 2 is 1.44 bits per heavy atom. The second-order valence-corrected chi connectivity index (χ2v) is 11.2. The normalized spacial score (nSPS) is 17.0. The molecular formula is C29H31Cl2Zr. The quantitative estimate of drug-likeness (QED) is 0.500. The van der Waals surface area contributed by atoms with Crippen molar-refractivity contribution in [2.75, 3.05) is 0 Å². The van der Waals surface area contributed by atoms with Crippen molar-refractivity contribution in [1.29, 1.82) is 0 Å². The van der Waals surface area contributed by atoms with Crippen molar-refractivity contribution in [3.63, 3.8) is 0 Å². The molecule has 0 spiro atoms. The second kappa shape index (κ2) is 12.8. The van der Waals surface area contributed by atoms with E-state index in [4.69, 9.17) is 0 Å². The zero-order valence-electron chi connectivity index (χ0n) is 19.2. The van der Waals surface area contributed by atoms with Crippen LogP contribution in [0.4, 0.5) is 0 Å². The molecular weight excluding hydrogens is 510 g/mol. The molecule has 4 rings (SSSR count). The average Bonchev–Trinajstić information content (AvgIpc) is 3.43. The molecule has 0 radical (unpaired) electrons. The summed E-state index contributed by atoms with van der Waals surface area (Å²) in [5, 5.41) is 0. The summed E-state index contributed by atoms with van der Waals surface area (Å²) in [4.78, 5) is 0. The van der Waals surface area contributed by atoms with Crippen LogP contribution in [0.15, 0.2) is 104 Å². The van der Waals surface area contributed by atoms with Crippen molar-refractivity contribution >= 4 is 3.21 Å². The van der Waals surface area contributed by atoms with E-state index in [0.717, 1.165) is 12.8 Å². The first-order valence-electron chi connectivity index (χ1n) is 11.4. The minimum absolute atomic E-state index is 0. The number of allylic oxidation sites excluding steroid dienone is 8. The third-order valence-electron chi connectivity index (χ3n) is 6.35. The SMILES string of the molecule is CCC1=C(CC)C(CC)[C]([Zr+2]=[C](c2ccccc2)c2ccccc2)=C1C1=CC=CC1.[Cl-].[Cl-]. The third-order valence-corrected chi connectivity index (χ3v) is 10.5. The summed E-state index contributed by atoms with van der Waals surface area (Å²) in [6.45, 7) is 7.11. The smallest absolute Gasteiger partial charge is 1.00 e. The van der Waals surface area contributed by atoms with Gasteiger partial charge in [0.15, 0.2) is 0 Å². The Bertz CT molecular complexity index is 1020. The summed E-state index contributed by atoms with van der Waals surface area (Å²) in [5.41, 5.74) is 9.43. The van der Waals surface area contributed by atoms with E-state index >= 15 is 0 Å². The van der Waals surface area contributed by atoms with E-state index in [9.17, 15) is 0 Å². The number of rotatable bonds is 7. The summed E-state index contributed by atoms with van der Waals surface area (Å²) in [5.74, 6) is 0.649. The Hall–Kier alpha value is -1.27. The van der Waals surface area contributed by atoms with Crippen LogP contribution in [-0.2, 0) is 22.8 Å². The zero-order valence-corrected chi connectivity index (χ0v) is 23.1. The van der Waals surface area contributed by atoms with Gasteiger partial charge in [0.25, 0.3) is 0 Å². The van der Waals surface area contributed by atoms with E-state index in [1.807, 2.05) is 3.28 Å². The molecule has 0 N–H and O–H groups in total. The van der Waals surface area contributed by atoms with Gasteiger partial charge in [0.2, 0.25) is 0 Å². The Morgan fingerprint density at radius 1 is 0.844 bits per heavy atom. The molecule has 0 bridgehead atoms. The molecule has 2 aliphatic carbocycles. The maximum atomic E-state index is 2.39. The van der Waals surface area contributed by atoms with Gasteiger partial charge in [-0.05, 0) is 0 Å². The molecule has 0 aromatic heterocycles. The number of hydrogen-bond acceptors (Lipinski definition) is 0. The van der Waals surface area contributed by atoms with Gasteiger partial charge in [-0.15, -0.1) is 0 Å². The van der Waals surface area contributed by atoms with Crippen molar-refractivity contribution in [2.45, 2.75) is 46.5 Å². The minimum atomic E-state index is -1.00. The molecule has 0 saturated heterocycles. The van der Waals surface area contributed by atoms with Gasteiger partial charge in [-0.3, -0.25) is 0 Å². The maximum absolute atomic E-state index is 2.39. The molecule has 3 heteroatoms. The van der Waals surface area contributed by atoms with Gasteiger partial charge in [0.1, 0.15) is 0 Å². The summed E-state index contributed by atoms with van der Waals surface area (Å²) in [6.07, 6.45) is 11.6. The largest absolute Gasteiger partial charge is 1.00 e. The monoisotopic (exact) mass is 539 g/mol. The minimum Gasteiger partial charge on any atom is -1.00 e. The zero-order chi connectivity index (χ0) is 20.9. The second-order valence-electron chi connectivity index (χ2n) is 8.02. The Balaban J connectivity index is 0.00000181. The molecule has 1 atom stereocenters. The van der Waals surface area contributed by atoms with Crippen LogP contribution in [0.5, 0.6) is 0 Å². The number of hydrogen-bond donors (Lipinski definition) is 0. The molecule has 2 aliphatic rings. The van der Waals surface area contributed by atoms with Gasteiger partial charge in [-0.2, -0.15) is 0 Å². The number of halogens is 2. The van der Waals surface area contributed by atoms with E-state index < -0.39 is 22.8 Å². The summed E-state index contributed by atoms with van der Waals surface area (Å²) < 4.78 is 3.43. The van der Waals surface area contributed by atoms with Crippen LogP contribution in [0.3, 0.4) is 0 Å². The molecule has 2 aromatic rings. The van der Waals surface area contributed by atoms with E-state index in [2.05, 4.69) is 99.7 Å². The average molecular weight is 542 g/mol. The van der Waals surface area contributed by atoms with Crippen molar-refractivity contribution in [1.82, 2.24) is 0 Å². The maximum Gasteiger partial charge on any atom is -1.00 e. The molecule has 0 aliphatic heterocycles. The van der Waals surface area contributed by atoms with E-state index in [0.29, 0.717) is 5.92 Å². The van der Waals surface area contributed by atoms with Gasteiger partial charge in [-0.25, -0.2) is 0 Å². The fourth-order valence-corrected chi connectivity index (χ4v) is 9.62. The summed E-state index contributed by atoms with van der Waals surface area (Å²) >= 11 is -1.00. The molecule has 165 valence electrons. The van der Waals surface area contributed by atoms with Gasteiger partial charge in [0.05, 0.1) is 0 Å². The van der Waals surface area contributed by atoms with Gasteiger partial charge < -0.3 is 24.8 Å². The number of benzene rings is 2. The standard InChI is InChI=1S/C16H21.C13H10.2ClH.Zr/c1-4-12-11-16(13-9-7-8-10-13)15(6-3)14(12)5-2;1-3-7-12(8-4-1)11-13-9-5-2-6-10-13;;;/h7-9,12H,4-6,10H2,1-3H3;1-10H;2*1H;/q;;;;+2/p-2. The first-order valence-corrected chi connectivity index (χ1v) is 13.8. The van der Waals surface area contributed by atoms with E-state index in [1.54, 1.807) is 25.5 Å². The van der Waals surface area contributed by atoms with Crippen LogP contribution >= 0.6 is 0 Å². The summed E-state index contributed by atoms with van der Waals surface area (Å²) in [7, 11) is 0. The fraction of sp³-hybridized carbons (Fsp3) is 0.276. The molecule has 0 heterocycles. The van der Waals surface area contributed by atoms with Gasteiger partial charge >= 0.3 is 194 Å². The van der Waals surface area contributed by atoms with Crippen LogP contribution in [-0.4, -0.2) is 3.21 Å². The van der Waals surface area contributed by atoms with Crippen molar-refractivity contribution in [3.05, 3.63) is 116 Å². The molecule has 0 nitrogen and oxygen atoms in total. The topological polar surface area (TPSA) is 0 Å². The molecule has 32 heavy (non-hydrogen) atoms. The molecule has 2 aromatic carbocycles. The van der Waals surface area contributed by atoms with Crippen LogP contribution in [0.25, 0.3) is 0 Å². The van der Waals surface area contributed by atoms with Crippen LogP contribution in [0, 0.1) is 5.92 Å². The van der Waals surface area contributed by atoms with Crippen molar-refractivity contribution in [3.8, 4) is 0 Å². The fourth-order valence-electron chi connectivity index (χ4n) is 5.00. The van der Waals surface area contributed by atoms with Crippen molar-refractivity contribution in [2.24, 2.45) is 5.92 Å². The predicted octanol–water partition coefficient (Wildman–Crippen LogP) is 1.64. The molecule has 1 unspecified atom stereocenters. The Morgan fingerprint density at radius 3 is 1.88 bits per heavy atom. The van der Waals surface area contributed by atoms with Crippen LogP contribution in [0.1, 0.15) is 57.6 Å². The third kappa shape index (κ3) is 5.44. The van der Waals surface area contributed by atoms with Gasteiger partial charge in [0, 0.05) is 0 Å². The van der Waals surface area contributed by atoms with Crippen LogP contribution < -0.4 is 24.8 Å². The first-order chi connectivity index (χ1) is 14.8. The Labute approximate surface area is 217 Å². The first kappa shape index (κ1) is 27.0. The van der Waals surface area contributed by atoms with E-state index in [-0.39, 0.29) is 24.8 Å². The molecule has 0 fully saturated rings.